The van der Waals surface area contributed by atoms with Gasteiger partial charge in [-0.05, 0) is 0 Å². The van der Waals surface area contributed by atoms with Crippen LogP contribution in [0.5, 0.6) is 0 Å². The second-order valence-electron chi connectivity index (χ2n) is 2.16. The van der Waals surface area contributed by atoms with E-state index in [1.807, 2.05) is 0 Å². The smallest absolute Gasteiger partial charge is 0.307 e. The molecule has 0 fully saturated rings. The normalized spacial score (nSPS) is 16.6. The van der Waals surface area contributed by atoms with Gasteiger partial charge >= 0.3 is 10.1 Å². The Hall–Kier alpha value is -0.660. The van der Waals surface area contributed by atoms with E-state index in [1.54, 1.807) is 0 Å². The van der Waals surface area contributed by atoms with Crippen molar-refractivity contribution < 1.29 is 22.5 Å². The lowest BCUT2D eigenvalue weighted by atomic mass is 10.3. The average molecular weight is 197 g/mol. The summed E-state index contributed by atoms with van der Waals surface area (Å²) in [5.74, 6) is 0. The molecule has 0 heterocycles. The topological polar surface area (TPSA) is 107 Å². The second-order valence-corrected chi connectivity index (χ2v) is 3.85. The minimum absolute atomic E-state index is 0.0515. The molecule has 0 rings (SSSR count). The third kappa shape index (κ3) is 1.93. The molecular weight excluding hydrogens is 186 g/mol. The molecular formula is C5H11NO5S. The lowest BCUT2D eigenvalue weighted by Gasteiger charge is -2.25. The molecule has 0 aromatic carbocycles. The molecule has 3 N–H and O–H groups in total. The first-order valence-electron chi connectivity index (χ1n) is 3.22. The minimum Gasteiger partial charge on any atom is -0.441 e. The fourth-order valence-corrected chi connectivity index (χ4v) is 1.45. The van der Waals surface area contributed by atoms with Crippen molar-refractivity contribution in [1.82, 2.24) is 0 Å². The van der Waals surface area contributed by atoms with Crippen LogP contribution in [-0.4, -0.2) is 30.9 Å². The Morgan fingerprint density at radius 3 is 2.25 bits per heavy atom. The van der Waals surface area contributed by atoms with E-state index < -0.39 is 21.6 Å². The van der Waals surface area contributed by atoms with Crippen molar-refractivity contribution in [3.05, 3.63) is 0 Å². The van der Waals surface area contributed by atoms with Crippen molar-refractivity contribution in [2.45, 2.75) is 18.3 Å². The maximum Gasteiger partial charge on any atom is 0.307 e. The van der Waals surface area contributed by atoms with E-state index >= 15 is 0 Å². The molecule has 0 aliphatic rings. The van der Waals surface area contributed by atoms with Gasteiger partial charge in [0.05, 0.1) is 6.54 Å². The third-order valence-corrected chi connectivity index (χ3v) is 3.07. The van der Waals surface area contributed by atoms with Crippen LogP contribution >= 0.6 is 0 Å². The number of carbonyl (C=O) groups excluding carboxylic acids is 1. The number of nitrogens with two attached hydrogens (primary N) is 1. The van der Waals surface area contributed by atoms with Crippen LogP contribution in [0.2, 0.25) is 0 Å². The molecule has 0 aliphatic carbocycles. The highest BCUT2D eigenvalue weighted by atomic mass is 32.2. The Bertz CT molecular complexity index is 243. The Morgan fingerprint density at radius 2 is 2.17 bits per heavy atom. The molecule has 7 heteroatoms. The minimum atomic E-state index is -4.47. The highest BCUT2D eigenvalue weighted by molar-refractivity contribution is 7.87. The predicted molar refractivity (Wildman–Crippen MR) is 40.8 cm³/mol. The summed E-state index contributed by atoms with van der Waals surface area (Å²) in [6.07, 6.45) is -0.0962. The van der Waals surface area contributed by atoms with Gasteiger partial charge in [0.25, 0.3) is 6.47 Å². The highest BCUT2D eigenvalue weighted by Crippen LogP contribution is 2.19. The van der Waals surface area contributed by atoms with Gasteiger partial charge in [-0.25, -0.2) is 0 Å². The Labute approximate surface area is 70.4 Å². The average Bonchev–Trinajstić information content (AvgIpc) is 1.98. The summed E-state index contributed by atoms with van der Waals surface area (Å²) in [5.41, 5.74) is 5.07. The van der Waals surface area contributed by atoms with E-state index in [9.17, 15) is 13.2 Å². The molecule has 0 amide bonds. The molecule has 12 heavy (non-hydrogen) atoms. The molecule has 1 atom stereocenters. The fraction of sp³-hybridized carbons (Fsp3) is 0.800. The molecule has 0 radical (unpaired) electrons. The number of hydrogen-bond donors (Lipinski definition) is 2. The summed E-state index contributed by atoms with van der Waals surface area (Å²) >= 11 is 0. The van der Waals surface area contributed by atoms with Gasteiger partial charge in [-0.1, -0.05) is 6.92 Å². The van der Waals surface area contributed by atoms with Gasteiger partial charge in [0.1, 0.15) is 0 Å². The van der Waals surface area contributed by atoms with Gasteiger partial charge in [-0.2, -0.15) is 8.42 Å². The van der Waals surface area contributed by atoms with Gasteiger partial charge in [0.15, 0.2) is 0 Å². The fourth-order valence-electron chi connectivity index (χ4n) is 0.712. The van der Waals surface area contributed by atoms with Crippen LogP contribution in [-0.2, 0) is 19.6 Å². The quantitative estimate of drug-likeness (QED) is 0.437. The molecule has 1 unspecified atom stereocenters. The summed E-state index contributed by atoms with van der Waals surface area (Å²) in [6.45, 7) is 0.912. The molecule has 0 aromatic heterocycles. The van der Waals surface area contributed by atoms with Crippen molar-refractivity contribution in [2.75, 3.05) is 6.54 Å². The van der Waals surface area contributed by atoms with Crippen molar-refractivity contribution in [1.29, 1.82) is 0 Å². The van der Waals surface area contributed by atoms with E-state index in [4.69, 9.17) is 10.3 Å². The lowest BCUT2D eigenvalue weighted by Crippen LogP contribution is -2.47. The molecule has 72 valence electrons. The standard InChI is InChI=1S/C5H11NO5S/c1-2-5(3-6,11-4-7)12(8,9)10/h4H,2-3,6H2,1H3,(H,8,9,10). The number of rotatable bonds is 5. The Morgan fingerprint density at radius 1 is 1.67 bits per heavy atom. The highest BCUT2D eigenvalue weighted by Gasteiger charge is 2.42. The molecule has 0 aliphatic heterocycles. The molecule has 0 spiro atoms. The predicted octanol–water partition coefficient (Wildman–Crippen LogP) is -0.888. The summed E-state index contributed by atoms with van der Waals surface area (Å²) in [5, 5.41) is 0. The second kappa shape index (κ2) is 3.83. The van der Waals surface area contributed by atoms with Crippen molar-refractivity contribution >= 4 is 16.6 Å². The SMILES string of the molecule is CCC(CN)(OC=O)S(=O)(=O)O. The largest absolute Gasteiger partial charge is 0.441 e. The summed E-state index contributed by atoms with van der Waals surface area (Å²) in [6, 6.07) is 0. The van der Waals surface area contributed by atoms with Crippen molar-refractivity contribution in [3.63, 3.8) is 0 Å². The Balaban J connectivity index is 4.96. The van der Waals surface area contributed by atoms with Crippen LogP contribution < -0.4 is 5.73 Å². The van der Waals surface area contributed by atoms with Crippen LogP contribution in [0.3, 0.4) is 0 Å². The summed E-state index contributed by atoms with van der Waals surface area (Å²) in [7, 11) is -4.47. The summed E-state index contributed by atoms with van der Waals surface area (Å²) < 4.78 is 34.3. The van der Waals surface area contributed by atoms with Crippen LogP contribution in [0.4, 0.5) is 0 Å². The number of ether oxygens (including phenoxy) is 1. The van der Waals surface area contributed by atoms with Crippen LogP contribution in [0.1, 0.15) is 13.3 Å². The first-order valence-corrected chi connectivity index (χ1v) is 4.66. The van der Waals surface area contributed by atoms with Gasteiger partial charge < -0.3 is 10.5 Å². The summed E-state index contributed by atoms with van der Waals surface area (Å²) in [4.78, 5) is 7.94. The van der Waals surface area contributed by atoms with Crippen molar-refractivity contribution in [2.24, 2.45) is 5.73 Å². The first-order chi connectivity index (χ1) is 5.43. The molecule has 0 bridgehead atoms. The molecule has 0 saturated heterocycles. The van der Waals surface area contributed by atoms with E-state index in [0.29, 0.717) is 0 Å². The van der Waals surface area contributed by atoms with Gasteiger partial charge in [-0.3, -0.25) is 9.35 Å². The zero-order valence-corrected chi connectivity index (χ0v) is 7.37. The molecule has 6 nitrogen and oxygen atoms in total. The van der Waals surface area contributed by atoms with E-state index in [-0.39, 0.29) is 12.9 Å². The third-order valence-electron chi connectivity index (χ3n) is 1.58. The zero-order valence-electron chi connectivity index (χ0n) is 6.56. The monoisotopic (exact) mass is 197 g/mol. The first kappa shape index (κ1) is 11.3. The van der Waals surface area contributed by atoms with Crippen LogP contribution in [0.25, 0.3) is 0 Å². The van der Waals surface area contributed by atoms with Gasteiger partial charge in [0.2, 0.25) is 4.93 Å². The zero-order chi connectivity index (χ0) is 9.83. The molecule has 0 saturated carbocycles. The Kier molecular flexibility index (Phi) is 3.62. The van der Waals surface area contributed by atoms with Gasteiger partial charge in [-0.15, -0.1) is 0 Å². The molecule has 0 aromatic rings. The van der Waals surface area contributed by atoms with Crippen LogP contribution in [0, 0.1) is 0 Å². The number of carbonyl (C=O) groups is 1. The maximum absolute atomic E-state index is 10.7. The van der Waals surface area contributed by atoms with E-state index in [0.717, 1.165) is 0 Å². The van der Waals surface area contributed by atoms with Crippen molar-refractivity contribution in [3.8, 4) is 0 Å². The maximum atomic E-state index is 10.7. The van der Waals surface area contributed by atoms with Crippen LogP contribution in [0.15, 0.2) is 0 Å². The number of hydrogen-bond acceptors (Lipinski definition) is 5. The van der Waals surface area contributed by atoms with E-state index in [1.165, 1.54) is 6.92 Å². The lowest BCUT2D eigenvalue weighted by molar-refractivity contribution is -0.136. The van der Waals surface area contributed by atoms with Gasteiger partial charge in [0, 0.05) is 6.42 Å². The van der Waals surface area contributed by atoms with E-state index in [2.05, 4.69) is 4.74 Å².